The molecule has 1 amide bonds. The summed E-state index contributed by atoms with van der Waals surface area (Å²) >= 11 is 1.23. The Bertz CT molecular complexity index is 745. The van der Waals surface area contributed by atoms with Crippen LogP contribution >= 0.6 is 11.8 Å². The molecule has 0 fully saturated rings. The third-order valence-corrected chi connectivity index (χ3v) is 3.78. The molecule has 0 aliphatic heterocycles. The van der Waals surface area contributed by atoms with Gasteiger partial charge in [-0.05, 0) is 32.0 Å². The van der Waals surface area contributed by atoms with Crippen molar-refractivity contribution in [2.45, 2.75) is 19.0 Å². The van der Waals surface area contributed by atoms with Gasteiger partial charge in [-0.3, -0.25) is 4.79 Å². The molecule has 2 aromatic rings. The zero-order valence-corrected chi connectivity index (χ0v) is 14.4. The Morgan fingerprint density at radius 2 is 2.08 bits per heavy atom. The number of hydrogen-bond acceptors (Lipinski definition) is 7. The number of aryl methyl sites for hydroxylation is 2. The van der Waals surface area contributed by atoms with Crippen molar-refractivity contribution in [1.29, 1.82) is 0 Å². The molecule has 0 aliphatic rings. The van der Waals surface area contributed by atoms with Crippen LogP contribution in [0, 0.1) is 13.8 Å². The minimum atomic E-state index is -0.290. The Kier molecular flexibility index (Phi) is 6.14. The normalized spacial score (nSPS) is 10.8. The number of carbonyl (C=O) groups excluding carboxylic acids is 1. The number of methoxy groups -OCH3 is 1. The van der Waals surface area contributed by atoms with Crippen molar-refractivity contribution in [3.05, 3.63) is 41.2 Å². The lowest BCUT2D eigenvalue weighted by molar-refractivity contribution is -0.118. The van der Waals surface area contributed by atoms with Crippen LogP contribution < -0.4 is 10.2 Å². The van der Waals surface area contributed by atoms with E-state index in [-0.39, 0.29) is 17.4 Å². The van der Waals surface area contributed by atoms with Crippen molar-refractivity contribution in [1.82, 2.24) is 15.4 Å². The smallest absolute Gasteiger partial charge is 0.250 e. The zero-order valence-electron chi connectivity index (χ0n) is 13.6. The van der Waals surface area contributed by atoms with Crippen LogP contribution in [-0.2, 0) is 4.79 Å². The summed E-state index contributed by atoms with van der Waals surface area (Å²) in [5.74, 6) is 0.162. The summed E-state index contributed by atoms with van der Waals surface area (Å²) in [6.07, 6.45) is 1.35. The lowest BCUT2D eigenvalue weighted by atomic mass is 10.2. The van der Waals surface area contributed by atoms with Gasteiger partial charge in [0.25, 0.3) is 5.91 Å². The number of para-hydroxylation sites is 1. The number of thioether (sulfide) groups is 1. The predicted molar refractivity (Wildman–Crippen MR) is 92.6 cm³/mol. The number of hydrazone groups is 1. The maximum absolute atomic E-state index is 11.8. The van der Waals surface area contributed by atoms with Gasteiger partial charge in [0.2, 0.25) is 0 Å². The van der Waals surface area contributed by atoms with Gasteiger partial charge in [0.05, 0.1) is 19.1 Å². The molecule has 0 saturated carbocycles. The third-order valence-electron chi connectivity index (χ3n) is 2.94. The second kappa shape index (κ2) is 8.30. The van der Waals surface area contributed by atoms with Crippen LogP contribution in [0.15, 0.2) is 34.5 Å². The SMILES string of the molecule is COc1cccc(/C=N/NC(=O)CSc2nc(C)cc(C)n2)c1O. The van der Waals surface area contributed by atoms with Crippen molar-refractivity contribution in [3.8, 4) is 11.5 Å². The molecule has 0 aliphatic carbocycles. The maximum Gasteiger partial charge on any atom is 0.250 e. The topological polar surface area (TPSA) is 96.7 Å². The number of rotatable bonds is 6. The lowest BCUT2D eigenvalue weighted by Crippen LogP contribution is -2.19. The number of nitrogens with zero attached hydrogens (tertiary/aromatic N) is 3. The van der Waals surface area contributed by atoms with Crippen LogP contribution in [0.2, 0.25) is 0 Å². The number of carbonyl (C=O) groups is 1. The summed E-state index contributed by atoms with van der Waals surface area (Å²) < 4.78 is 5.00. The minimum absolute atomic E-state index is 0.0315. The molecular formula is C16H18N4O3S. The van der Waals surface area contributed by atoms with Crippen molar-refractivity contribution < 1.29 is 14.6 Å². The number of phenolic OH excluding ortho intramolecular Hbond substituents is 1. The number of hydrogen-bond donors (Lipinski definition) is 2. The van der Waals surface area contributed by atoms with Gasteiger partial charge in [-0.15, -0.1) is 0 Å². The molecule has 126 valence electrons. The first-order chi connectivity index (χ1) is 11.5. The first-order valence-electron chi connectivity index (χ1n) is 7.12. The number of aromatic nitrogens is 2. The maximum atomic E-state index is 11.8. The van der Waals surface area contributed by atoms with E-state index in [2.05, 4.69) is 20.5 Å². The molecular weight excluding hydrogens is 328 g/mol. The molecule has 0 spiro atoms. The Labute approximate surface area is 144 Å². The standard InChI is InChI=1S/C16H18N4O3S/c1-10-7-11(2)19-16(18-10)24-9-14(21)20-17-8-12-5-4-6-13(23-3)15(12)22/h4-8,22H,9H2,1-3H3,(H,20,21)/b17-8+. The average molecular weight is 346 g/mol. The molecule has 1 aromatic carbocycles. The van der Waals surface area contributed by atoms with Crippen LogP contribution in [0.1, 0.15) is 17.0 Å². The summed E-state index contributed by atoms with van der Waals surface area (Å²) in [4.78, 5) is 20.3. The number of aromatic hydroxyl groups is 1. The molecule has 0 saturated heterocycles. The summed E-state index contributed by atoms with van der Waals surface area (Å²) in [5, 5.41) is 14.3. The second-order valence-electron chi connectivity index (χ2n) is 4.91. The number of phenols is 1. The minimum Gasteiger partial charge on any atom is -0.504 e. The first-order valence-corrected chi connectivity index (χ1v) is 8.11. The van der Waals surface area contributed by atoms with E-state index in [9.17, 15) is 9.90 Å². The predicted octanol–water partition coefficient (Wildman–Crippen LogP) is 2.05. The van der Waals surface area contributed by atoms with E-state index in [0.717, 1.165) is 11.4 Å². The first kappa shape index (κ1) is 17.7. The van der Waals surface area contributed by atoms with E-state index in [0.29, 0.717) is 16.5 Å². The molecule has 2 N–H and O–H groups in total. The fourth-order valence-electron chi connectivity index (χ4n) is 1.90. The van der Waals surface area contributed by atoms with Gasteiger partial charge in [0, 0.05) is 17.0 Å². The van der Waals surface area contributed by atoms with Crippen molar-refractivity contribution in [2.24, 2.45) is 5.10 Å². The van der Waals surface area contributed by atoms with Gasteiger partial charge in [-0.1, -0.05) is 17.8 Å². The zero-order chi connectivity index (χ0) is 17.5. The number of ether oxygens (including phenoxy) is 1. The van der Waals surface area contributed by atoms with Gasteiger partial charge in [0.1, 0.15) is 0 Å². The van der Waals surface area contributed by atoms with Gasteiger partial charge < -0.3 is 9.84 Å². The fourth-order valence-corrected chi connectivity index (χ4v) is 2.64. The molecule has 1 heterocycles. The highest BCUT2D eigenvalue weighted by Crippen LogP contribution is 2.27. The van der Waals surface area contributed by atoms with E-state index in [4.69, 9.17) is 4.74 Å². The molecule has 0 unspecified atom stereocenters. The van der Waals surface area contributed by atoms with Gasteiger partial charge in [-0.2, -0.15) is 5.10 Å². The monoisotopic (exact) mass is 346 g/mol. The van der Waals surface area contributed by atoms with Gasteiger partial charge in [-0.25, -0.2) is 15.4 Å². The van der Waals surface area contributed by atoms with Crippen molar-refractivity contribution in [2.75, 3.05) is 12.9 Å². The average Bonchev–Trinajstić information content (AvgIpc) is 2.54. The second-order valence-corrected chi connectivity index (χ2v) is 5.86. The summed E-state index contributed by atoms with van der Waals surface area (Å²) in [7, 11) is 1.46. The van der Waals surface area contributed by atoms with Crippen LogP contribution in [0.3, 0.4) is 0 Å². The van der Waals surface area contributed by atoms with Crippen LogP contribution in [-0.4, -0.2) is 40.1 Å². The highest BCUT2D eigenvalue weighted by Gasteiger charge is 2.07. The molecule has 8 heteroatoms. The van der Waals surface area contributed by atoms with E-state index in [1.165, 1.54) is 25.1 Å². The van der Waals surface area contributed by atoms with E-state index >= 15 is 0 Å². The van der Waals surface area contributed by atoms with Crippen molar-refractivity contribution in [3.63, 3.8) is 0 Å². The molecule has 0 bridgehead atoms. The van der Waals surface area contributed by atoms with Gasteiger partial charge >= 0.3 is 0 Å². The summed E-state index contributed by atoms with van der Waals surface area (Å²) in [5.41, 5.74) is 4.56. The molecule has 1 aromatic heterocycles. The Morgan fingerprint density at radius 3 is 2.75 bits per heavy atom. The number of amides is 1. The Morgan fingerprint density at radius 1 is 1.38 bits per heavy atom. The van der Waals surface area contributed by atoms with E-state index in [1.54, 1.807) is 18.2 Å². The summed E-state index contributed by atoms with van der Waals surface area (Å²) in [6, 6.07) is 6.88. The highest BCUT2D eigenvalue weighted by molar-refractivity contribution is 7.99. The van der Waals surface area contributed by atoms with Gasteiger partial charge in [0.15, 0.2) is 16.7 Å². The lowest BCUT2D eigenvalue weighted by Gasteiger charge is -2.05. The van der Waals surface area contributed by atoms with E-state index < -0.39 is 0 Å². The number of nitrogens with one attached hydrogen (secondary N) is 1. The molecule has 0 radical (unpaired) electrons. The molecule has 24 heavy (non-hydrogen) atoms. The molecule has 2 rings (SSSR count). The highest BCUT2D eigenvalue weighted by atomic mass is 32.2. The largest absolute Gasteiger partial charge is 0.504 e. The molecule has 7 nitrogen and oxygen atoms in total. The van der Waals surface area contributed by atoms with E-state index in [1.807, 2.05) is 19.9 Å². The Hall–Kier alpha value is -2.61. The molecule has 0 atom stereocenters. The van der Waals surface area contributed by atoms with Crippen molar-refractivity contribution >= 4 is 23.9 Å². The third kappa shape index (κ3) is 4.95. The van der Waals surface area contributed by atoms with Crippen LogP contribution in [0.5, 0.6) is 11.5 Å². The van der Waals surface area contributed by atoms with Crippen LogP contribution in [0.25, 0.3) is 0 Å². The van der Waals surface area contributed by atoms with Crippen LogP contribution in [0.4, 0.5) is 0 Å². The Balaban J connectivity index is 1.89. The quantitative estimate of drug-likeness (QED) is 0.360. The number of benzene rings is 1. The summed E-state index contributed by atoms with van der Waals surface area (Å²) in [6.45, 7) is 3.76. The fraction of sp³-hybridized carbons (Fsp3) is 0.250.